The number of aromatic hydroxyl groups is 1. The van der Waals surface area contributed by atoms with Crippen molar-refractivity contribution >= 4 is 11.0 Å². The van der Waals surface area contributed by atoms with Crippen LogP contribution >= 0.6 is 0 Å². The zero-order chi connectivity index (χ0) is 35.0. The molecule has 5 rings (SSSR count). The fourth-order valence-electron chi connectivity index (χ4n) is 5.49. The van der Waals surface area contributed by atoms with Crippen LogP contribution in [0.4, 0.5) is 0 Å². The number of rotatable bonds is 10. The lowest BCUT2D eigenvalue weighted by Gasteiger charge is -2.42. The van der Waals surface area contributed by atoms with Gasteiger partial charge in [-0.15, -0.1) is 0 Å². The lowest BCUT2D eigenvalue weighted by Crippen LogP contribution is -2.61. The first-order valence-corrected chi connectivity index (χ1v) is 14.7. The van der Waals surface area contributed by atoms with Crippen LogP contribution in [0.2, 0.25) is 0 Å². The number of phenols is 1. The van der Waals surface area contributed by atoms with Gasteiger partial charge in [-0.25, -0.2) is 0 Å². The Morgan fingerprint density at radius 3 is 1.90 bits per heavy atom. The number of benzene rings is 2. The summed E-state index contributed by atoms with van der Waals surface area (Å²) in [5.41, 5.74) is -0.385. The van der Waals surface area contributed by atoms with Gasteiger partial charge in [0.1, 0.15) is 59.5 Å². The number of hydrogen-bond acceptors (Lipinski definition) is 17. The van der Waals surface area contributed by atoms with Crippen molar-refractivity contribution in [2.75, 3.05) is 35.0 Å². The molecule has 0 radical (unpaired) electrons. The van der Waals surface area contributed by atoms with E-state index in [1.165, 1.54) is 53.6 Å². The molecular weight excluding hydrogens is 644 g/mol. The van der Waals surface area contributed by atoms with Crippen molar-refractivity contribution < 1.29 is 78.1 Å². The maximum Gasteiger partial charge on any atom is 0.229 e. The summed E-state index contributed by atoms with van der Waals surface area (Å²) in [4.78, 5) is 13.7. The van der Waals surface area contributed by atoms with Gasteiger partial charge in [-0.1, -0.05) is 0 Å². The van der Waals surface area contributed by atoms with Crippen molar-refractivity contribution in [1.29, 1.82) is 0 Å². The molecule has 2 aliphatic rings. The van der Waals surface area contributed by atoms with E-state index in [0.717, 1.165) is 6.07 Å². The second-order valence-electron chi connectivity index (χ2n) is 11.2. The van der Waals surface area contributed by atoms with Crippen molar-refractivity contribution in [2.45, 2.75) is 68.3 Å². The Hall–Kier alpha value is -3.91. The summed E-state index contributed by atoms with van der Waals surface area (Å²) in [6.45, 7) is 0.916. The summed E-state index contributed by atoms with van der Waals surface area (Å²) in [5.74, 6) is -0.446. The second kappa shape index (κ2) is 14.3. The molecule has 0 spiro atoms. The predicted molar refractivity (Wildman–Crippen MR) is 161 cm³/mol. The van der Waals surface area contributed by atoms with Crippen LogP contribution in [0.15, 0.2) is 33.5 Å². The van der Waals surface area contributed by atoms with Gasteiger partial charge in [-0.2, -0.15) is 0 Å². The Labute approximate surface area is 272 Å². The number of fused-ring (bicyclic) bond motifs is 1. The van der Waals surface area contributed by atoms with Crippen molar-refractivity contribution in [3.8, 4) is 45.8 Å². The third-order valence-electron chi connectivity index (χ3n) is 8.22. The van der Waals surface area contributed by atoms with Crippen LogP contribution in [0.25, 0.3) is 22.3 Å². The number of ether oxygens (including phenoxy) is 8. The third-order valence-corrected chi connectivity index (χ3v) is 8.22. The van der Waals surface area contributed by atoms with E-state index < -0.39 is 73.4 Å². The molecule has 0 bridgehead atoms. The molecular formula is C31H38O17. The molecule has 17 nitrogen and oxygen atoms in total. The summed E-state index contributed by atoms with van der Waals surface area (Å²) in [6.07, 6.45) is -15.5. The first kappa shape index (κ1) is 35.4. The Bertz CT molecular complexity index is 1630. The molecule has 2 fully saturated rings. The molecule has 2 saturated heterocycles. The van der Waals surface area contributed by atoms with Gasteiger partial charge in [0.25, 0.3) is 0 Å². The molecule has 2 aliphatic heterocycles. The highest BCUT2D eigenvalue weighted by molar-refractivity contribution is 5.90. The van der Waals surface area contributed by atoms with Crippen molar-refractivity contribution in [1.82, 2.24) is 0 Å². The fourth-order valence-corrected chi connectivity index (χ4v) is 5.49. The van der Waals surface area contributed by atoms with Crippen LogP contribution in [-0.2, 0) is 14.2 Å². The first-order valence-electron chi connectivity index (χ1n) is 14.7. The molecule has 17 heteroatoms. The molecule has 10 atom stereocenters. The molecule has 1 aromatic heterocycles. The predicted octanol–water partition coefficient (Wildman–Crippen LogP) is -0.769. The number of aliphatic hydroxyl groups excluding tert-OH is 6. The molecule has 0 aliphatic carbocycles. The molecule has 7 N–H and O–H groups in total. The van der Waals surface area contributed by atoms with Crippen LogP contribution in [0.5, 0.6) is 34.5 Å². The van der Waals surface area contributed by atoms with E-state index in [0.29, 0.717) is 5.56 Å². The molecule has 48 heavy (non-hydrogen) atoms. The quantitative estimate of drug-likeness (QED) is 0.139. The average molecular weight is 683 g/mol. The molecule has 2 aromatic carbocycles. The second-order valence-corrected chi connectivity index (χ2v) is 11.2. The monoisotopic (exact) mass is 682 g/mol. The van der Waals surface area contributed by atoms with Crippen LogP contribution in [-0.4, -0.2) is 132 Å². The molecule has 3 heterocycles. The molecule has 3 aromatic rings. The Balaban J connectivity index is 1.49. The molecule has 0 amide bonds. The van der Waals surface area contributed by atoms with E-state index >= 15 is 0 Å². The van der Waals surface area contributed by atoms with Gasteiger partial charge in [0, 0.05) is 17.7 Å². The van der Waals surface area contributed by atoms with Gasteiger partial charge in [0.2, 0.25) is 17.8 Å². The lowest BCUT2D eigenvalue weighted by molar-refractivity contribution is -0.318. The van der Waals surface area contributed by atoms with Crippen LogP contribution in [0, 0.1) is 0 Å². The van der Waals surface area contributed by atoms with E-state index in [-0.39, 0.29) is 51.2 Å². The SMILES string of the molecule is COc1cc(-c2cc(=O)c3c(OC4OC(COC5OC(C)C(O)C(O)C5O)C(O)C(O)C4O)c(OC)c(OC)cc3o2)cc(OC)c1O. The highest BCUT2D eigenvalue weighted by Crippen LogP contribution is 2.45. The van der Waals surface area contributed by atoms with E-state index in [1.54, 1.807) is 0 Å². The minimum atomic E-state index is -1.86. The van der Waals surface area contributed by atoms with Gasteiger partial charge in [0.05, 0.1) is 41.2 Å². The van der Waals surface area contributed by atoms with Crippen molar-refractivity contribution in [3.63, 3.8) is 0 Å². The van der Waals surface area contributed by atoms with Crippen LogP contribution < -0.4 is 29.1 Å². The lowest BCUT2D eigenvalue weighted by atomic mass is 9.98. The van der Waals surface area contributed by atoms with Gasteiger partial charge < -0.3 is 78.1 Å². The number of phenolic OH excluding ortho intramolecular Hbond substituents is 1. The smallest absolute Gasteiger partial charge is 0.229 e. The van der Waals surface area contributed by atoms with Gasteiger partial charge >= 0.3 is 0 Å². The van der Waals surface area contributed by atoms with Crippen molar-refractivity contribution in [2.24, 2.45) is 0 Å². The summed E-state index contributed by atoms with van der Waals surface area (Å²) in [6, 6.07) is 5.38. The Morgan fingerprint density at radius 2 is 1.29 bits per heavy atom. The highest BCUT2D eigenvalue weighted by atomic mass is 16.7. The largest absolute Gasteiger partial charge is 0.502 e. The van der Waals surface area contributed by atoms with E-state index in [1.807, 2.05) is 0 Å². The molecule has 264 valence electrons. The molecule has 10 unspecified atom stereocenters. The van der Waals surface area contributed by atoms with Gasteiger partial charge in [-0.05, 0) is 19.1 Å². The topological polar surface area (TPSA) is 246 Å². The van der Waals surface area contributed by atoms with Gasteiger partial charge in [-0.3, -0.25) is 4.79 Å². The Morgan fingerprint density at radius 1 is 0.688 bits per heavy atom. The third kappa shape index (κ3) is 6.43. The van der Waals surface area contributed by atoms with E-state index in [2.05, 4.69) is 0 Å². The fraction of sp³-hybridized carbons (Fsp3) is 0.516. The number of hydrogen-bond donors (Lipinski definition) is 7. The highest BCUT2D eigenvalue weighted by Gasteiger charge is 2.48. The molecule has 0 saturated carbocycles. The average Bonchev–Trinajstić information content (AvgIpc) is 3.08. The maximum atomic E-state index is 13.7. The summed E-state index contributed by atoms with van der Waals surface area (Å²) in [7, 11) is 5.28. The summed E-state index contributed by atoms with van der Waals surface area (Å²) in [5, 5.41) is 72.7. The van der Waals surface area contributed by atoms with E-state index in [9.17, 15) is 40.5 Å². The Kier molecular flexibility index (Phi) is 10.5. The minimum absolute atomic E-state index is 0.0465. The zero-order valence-electron chi connectivity index (χ0n) is 26.5. The van der Waals surface area contributed by atoms with Crippen molar-refractivity contribution in [3.05, 3.63) is 34.5 Å². The number of methoxy groups -OCH3 is 4. The van der Waals surface area contributed by atoms with E-state index in [4.69, 9.17) is 42.3 Å². The summed E-state index contributed by atoms with van der Waals surface area (Å²) < 4.78 is 50.1. The standard InChI is InChI=1S/C31H38O17/c1-11-21(33)24(36)26(38)30(45-11)44-10-19-23(35)25(37)27(39)31(47-19)48-29-20-13(32)8-14(46-15(20)9-18(42-4)28(29)43-5)12-6-16(40-2)22(34)17(7-12)41-3/h6-9,11,19,21,23-27,30-31,33-39H,10H2,1-5H3. The van der Waals surface area contributed by atoms with Crippen LogP contribution in [0.1, 0.15) is 6.92 Å². The summed E-state index contributed by atoms with van der Waals surface area (Å²) >= 11 is 0. The zero-order valence-corrected chi connectivity index (χ0v) is 26.5. The van der Waals surface area contributed by atoms with Crippen LogP contribution in [0.3, 0.4) is 0 Å². The normalized spacial score (nSPS) is 30.6. The number of aliphatic hydroxyl groups is 6. The minimum Gasteiger partial charge on any atom is -0.502 e. The first-order chi connectivity index (χ1) is 22.8. The maximum absolute atomic E-state index is 13.7. The van der Waals surface area contributed by atoms with Gasteiger partial charge in [0.15, 0.2) is 34.7 Å².